The summed E-state index contributed by atoms with van der Waals surface area (Å²) in [5.74, 6) is 1.16. The van der Waals surface area contributed by atoms with Crippen molar-refractivity contribution in [2.45, 2.75) is 33.9 Å². The Morgan fingerprint density at radius 3 is 2.52 bits per heavy atom. The number of carbonyl (C=O) groups excluding carboxylic acids is 1. The van der Waals surface area contributed by atoms with E-state index in [1.165, 1.54) is 0 Å². The fourth-order valence-corrected chi connectivity index (χ4v) is 3.81. The lowest BCUT2D eigenvalue weighted by Gasteiger charge is -2.19. The van der Waals surface area contributed by atoms with Crippen molar-refractivity contribution in [3.63, 3.8) is 0 Å². The third kappa shape index (κ3) is 3.88. The van der Waals surface area contributed by atoms with Gasteiger partial charge in [-0.05, 0) is 51.1 Å². The number of hydrogen-bond donors (Lipinski definition) is 1. The molecule has 2 N–H and O–H groups in total. The molecule has 3 heterocycles. The minimum absolute atomic E-state index is 0.407. The van der Waals surface area contributed by atoms with Gasteiger partial charge >= 0.3 is 0 Å². The summed E-state index contributed by atoms with van der Waals surface area (Å²) in [4.78, 5) is 23.7. The van der Waals surface area contributed by atoms with Crippen LogP contribution in [0.1, 0.15) is 36.8 Å². The molecule has 1 aromatic carbocycles. The van der Waals surface area contributed by atoms with Gasteiger partial charge in [0.2, 0.25) is 0 Å². The van der Waals surface area contributed by atoms with Gasteiger partial charge in [0.25, 0.3) is 5.91 Å². The molecule has 0 aliphatic rings. The summed E-state index contributed by atoms with van der Waals surface area (Å²) < 4.78 is 3.96. The Balaban J connectivity index is 1.84. The zero-order valence-electron chi connectivity index (χ0n) is 18.1. The lowest BCUT2D eigenvalue weighted by atomic mass is 10.2. The fourth-order valence-electron chi connectivity index (χ4n) is 3.81. The standard InChI is InChI=1S/C23H27N7O/c1-4-28(5-2)20-11-10-16(14-25-20)23-26-21-18(22(24)31)8-7-9-19(21)30(23)15-17-12-13-29(6-3)27-17/h7-14H,4-6,15H2,1-3H3,(H2,24,31). The van der Waals surface area contributed by atoms with Crippen molar-refractivity contribution in [2.75, 3.05) is 18.0 Å². The zero-order chi connectivity index (χ0) is 22.0. The number of primary amides is 1. The average Bonchev–Trinajstić information content (AvgIpc) is 3.40. The van der Waals surface area contributed by atoms with Crippen LogP contribution < -0.4 is 10.6 Å². The first-order valence-electron chi connectivity index (χ1n) is 10.6. The Morgan fingerprint density at radius 2 is 1.90 bits per heavy atom. The van der Waals surface area contributed by atoms with Gasteiger partial charge in [0.05, 0.1) is 23.3 Å². The number of nitrogens with two attached hydrogens (primary N) is 1. The Bertz CT molecular complexity index is 1200. The van der Waals surface area contributed by atoms with E-state index < -0.39 is 5.91 Å². The van der Waals surface area contributed by atoms with Crippen LogP contribution in [0.25, 0.3) is 22.4 Å². The van der Waals surface area contributed by atoms with E-state index in [1.54, 1.807) is 6.07 Å². The lowest BCUT2D eigenvalue weighted by molar-refractivity contribution is 0.100. The summed E-state index contributed by atoms with van der Waals surface area (Å²) in [5.41, 5.74) is 9.24. The van der Waals surface area contributed by atoms with Crippen LogP contribution in [-0.4, -0.2) is 43.3 Å². The summed E-state index contributed by atoms with van der Waals surface area (Å²) in [5, 5.41) is 4.62. The fraction of sp³-hybridized carbons (Fsp3) is 0.304. The second-order valence-corrected chi connectivity index (χ2v) is 7.30. The monoisotopic (exact) mass is 417 g/mol. The van der Waals surface area contributed by atoms with Gasteiger partial charge in [-0.2, -0.15) is 5.10 Å². The second-order valence-electron chi connectivity index (χ2n) is 7.30. The number of fused-ring (bicyclic) bond motifs is 1. The van der Waals surface area contributed by atoms with E-state index >= 15 is 0 Å². The minimum Gasteiger partial charge on any atom is -0.366 e. The Morgan fingerprint density at radius 1 is 1.10 bits per heavy atom. The van der Waals surface area contributed by atoms with Crippen LogP contribution in [0.15, 0.2) is 48.8 Å². The molecule has 4 rings (SSSR count). The molecule has 1 amide bonds. The van der Waals surface area contributed by atoms with Crippen molar-refractivity contribution >= 4 is 22.8 Å². The van der Waals surface area contributed by atoms with Crippen LogP contribution in [-0.2, 0) is 13.1 Å². The number of carbonyl (C=O) groups is 1. The van der Waals surface area contributed by atoms with Crippen LogP contribution in [0.4, 0.5) is 5.82 Å². The van der Waals surface area contributed by atoms with E-state index in [0.717, 1.165) is 48.1 Å². The van der Waals surface area contributed by atoms with E-state index in [4.69, 9.17) is 10.7 Å². The molecule has 0 radical (unpaired) electrons. The van der Waals surface area contributed by atoms with Crippen LogP contribution in [0.5, 0.6) is 0 Å². The molecular formula is C23H27N7O. The summed E-state index contributed by atoms with van der Waals surface area (Å²) in [7, 11) is 0. The average molecular weight is 418 g/mol. The zero-order valence-corrected chi connectivity index (χ0v) is 18.1. The molecule has 0 bridgehead atoms. The highest BCUT2D eigenvalue weighted by Crippen LogP contribution is 2.28. The molecule has 0 spiro atoms. The molecule has 160 valence electrons. The van der Waals surface area contributed by atoms with E-state index in [1.807, 2.05) is 47.4 Å². The molecule has 31 heavy (non-hydrogen) atoms. The molecule has 8 heteroatoms. The maximum Gasteiger partial charge on any atom is 0.250 e. The first kappa shape index (κ1) is 20.6. The molecule has 0 saturated heterocycles. The Labute approximate surface area is 181 Å². The van der Waals surface area contributed by atoms with Crippen LogP contribution in [0, 0.1) is 0 Å². The molecule has 0 aliphatic carbocycles. The highest BCUT2D eigenvalue weighted by atomic mass is 16.1. The van der Waals surface area contributed by atoms with E-state index in [0.29, 0.717) is 17.6 Å². The van der Waals surface area contributed by atoms with Gasteiger partial charge in [0.15, 0.2) is 0 Å². The largest absolute Gasteiger partial charge is 0.366 e. The first-order valence-corrected chi connectivity index (χ1v) is 10.6. The highest BCUT2D eigenvalue weighted by Gasteiger charge is 2.18. The molecule has 0 atom stereocenters. The number of amides is 1. The maximum absolute atomic E-state index is 12.0. The summed E-state index contributed by atoms with van der Waals surface area (Å²) in [6.45, 7) is 9.39. The van der Waals surface area contributed by atoms with Crippen LogP contribution in [0.2, 0.25) is 0 Å². The number of pyridine rings is 1. The Hall–Kier alpha value is -3.68. The molecule has 4 aromatic rings. The quantitative estimate of drug-likeness (QED) is 0.475. The summed E-state index contributed by atoms with van der Waals surface area (Å²) in [6.07, 6.45) is 3.79. The van der Waals surface area contributed by atoms with Crippen molar-refractivity contribution in [3.8, 4) is 11.4 Å². The van der Waals surface area contributed by atoms with Gasteiger partial charge in [-0.25, -0.2) is 9.97 Å². The van der Waals surface area contributed by atoms with Crippen LogP contribution >= 0.6 is 0 Å². The molecule has 0 aliphatic heterocycles. The molecule has 0 saturated carbocycles. The Kier molecular flexibility index (Phi) is 5.70. The maximum atomic E-state index is 12.0. The number of nitrogens with zero attached hydrogens (tertiary/aromatic N) is 6. The minimum atomic E-state index is -0.493. The number of aryl methyl sites for hydroxylation is 1. The SMILES string of the molecule is CCN(CC)c1ccc(-c2nc3c(C(N)=O)cccc3n2Cc2ccn(CC)n2)cn1. The van der Waals surface area contributed by atoms with E-state index in [-0.39, 0.29) is 0 Å². The predicted molar refractivity (Wildman–Crippen MR) is 122 cm³/mol. The lowest BCUT2D eigenvalue weighted by Crippen LogP contribution is -2.22. The third-order valence-electron chi connectivity index (χ3n) is 5.48. The van der Waals surface area contributed by atoms with Crippen molar-refractivity contribution in [3.05, 3.63) is 60.0 Å². The predicted octanol–water partition coefficient (Wildman–Crippen LogP) is 3.31. The van der Waals surface area contributed by atoms with Crippen LogP contribution in [0.3, 0.4) is 0 Å². The normalized spacial score (nSPS) is 11.2. The first-order chi connectivity index (χ1) is 15.0. The molecular weight excluding hydrogens is 390 g/mol. The second kappa shape index (κ2) is 8.59. The number of anilines is 1. The topological polar surface area (TPSA) is 94.9 Å². The summed E-state index contributed by atoms with van der Waals surface area (Å²) >= 11 is 0. The van der Waals surface area contributed by atoms with Crippen molar-refractivity contribution < 1.29 is 4.79 Å². The molecule has 0 unspecified atom stereocenters. The number of hydrogen-bond acceptors (Lipinski definition) is 5. The molecule has 3 aromatic heterocycles. The van der Waals surface area contributed by atoms with Crippen molar-refractivity contribution in [1.82, 2.24) is 24.3 Å². The van der Waals surface area contributed by atoms with Gasteiger partial charge in [0, 0.05) is 37.6 Å². The van der Waals surface area contributed by atoms with Crippen molar-refractivity contribution in [2.24, 2.45) is 5.73 Å². The van der Waals surface area contributed by atoms with Gasteiger partial charge in [0.1, 0.15) is 17.2 Å². The molecule has 8 nitrogen and oxygen atoms in total. The van der Waals surface area contributed by atoms with Gasteiger partial charge < -0.3 is 15.2 Å². The van der Waals surface area contributed by atoms with Gasteiger partial charge in [-0.1, -0.05) is 6.07 Å². The smallest absolute Gasteiger partial charge is 0.250 e. The number of imidazole rings is 1. The number of para-hydroxylation sites is 1. The number of benzene rings is 1. The van der Waals surface area contributed by atoms with E-state index in [2.05, 4.69) is 40.3 Å². The highest BCUT2D eigenvalue weighted by molar-refractivity contribution is 6.04. The third-order valence-corrected chi connectivity index (χ3v) is 5.48. The van der Waals surface area contributed by atoms with E-state index in [9.17, 15) is 4.79 Å². The summed E-state index contributed by atoms with van der Waals surface area (Å²) in [6, 6.07) is 11.5. The van der Waals surface area contributed by atoms with Gasteiger partial charge in [-0.15, -0.1) is 0 Å². The van der Waals surface area contributed by atoms with Crippen molar-refractivity contribution in [1.29, 1.82) is 0 Å². The molecule has 0 fully saturated rings. The number of aromatic nitrogens is 5. The van der Waals surface area contributed by atoms with Gasteiger partial charge in [-0.3, -0.25) is 9.48 Å². The number of rotatable bonds is 8.